The van der Waals surface area contributed by atoms with E-state index < -0.39 is 6.09 Å². The van der Waals surface area contributed by atoms with Crippen LogP contribution in [0.1, 0.15) is 13.8 Å². The number of carbonyl (C=O) groups excluding carboxylic acids is 1. The number of hydrogen-bond acceptors (Lipinski definition) is 4. The molecule has 0 bridgehead atoms. The second-order valence-electron chi connectivity index (χ2n) is 4.02. The molecular weight excluding hydrogens is 244 g/mol. The summed E-state index contributed by atoms with van der Waals surface area (Å²) >= 11 is 0. The topological polar surface area (TPSA) is 50.8 Å². The molecule has 0 aliphatic heterocycles. The summed E-state index contributed by atoms with van der Waals surface area (Å²) in [5.41, 5.74) is 0.683. The SMILES string of the molecule is CCN(CC)CCOc1ccc(NC(=O)OC)cc1. The van der Waals surface area contributed by atoms with Crippen molar-refractivity contribution in [3.8, 4) is 5.75 Å². The molecule has 0 spiro atoms. The largest absolute Gasteiger partial charge is 0.492 e. The van der Waals surface area contributed by atoms with Gasteiger partial charge in [-0.1, -0.05) is 13.8 Å². The Bertz CT molecular complexity index is 375. The first kappa shape index (κ1) is 15.3. The maximum absolute atomic E-state index is 11.0. The smallest absolute Gasteiger partial charge is 0.411 e. The fourth-order valence-electron chi connectivity index (χ4n) is 1.64. The summed E-state index contributed by atoms with van der Waals surface area (Å²) in [6, 6.07) is 7.22. The average molecular weight is 266 g/mol. The van der Waals surface area contributed by atoms with E-state index in [0.717, 1.165) is 25.4 Å². The van der Waals surface area contributed by atoms with Crippen LogP contribution in [0.15, 0.2) is 24.3 Å². The standard InChI is InChI=1S/C14H22N2O3/c1-4-16(5-2)10-11-19-13-8-6-12(7-9-13)15-14(17)18-3/h6-9H,4-5,10-11H2,1-3H3,(H,15,17). The van der Waals surface area contributed by atoms with Gasteiger partial charge in [0.2, 0.25) is 0 Å². The van der Waals surface area contributed by atoms with Crippen molar-refractivity contribution >= 4 is 11.8 Å². The molecule has 0 fully saturated rings. The van der Waals surface area contributed by atoms with Crippen molar-refractivity contribution in [2.24, 2.45) is 0 Å². The lowest BCUT2D eigenvalue weighted by atomic mass is 10.3. The molecule has 1 aromatic rings. The van der Waals surface area contributed by atoms with E-state index in [0.29, 0.717) is 12.3 Å². The third kappa shape index (κ3) is 5.61. The number of nitrogens with one attached hydrogen (secondary N) is 1. The van der Waals surface area contributed by atoms with Gasteiger partial charge in [0, 0.05) is 12.2 Å². The first-order chi connectivity index (χ1) is 9.19. The molecule has 5 heteroatoms. The van der Waals surface area contributed by atoms with Crippen LogP contribution >= 0.6 is 0 Å². The van der Waals surface area contributed by atoms with E-state index in [1.165, 1.54) is 7.11 Å². The molecule has 1 N–H and O–H groups in total. The maximum Gasteiger partial charge on any atom is 0.411 e. The molecule has 0 unspecified atom stereocenters. The van der Waals surface area contributed by atoms with E-state index >= 15 is 0 Å². The molecule has 0 aliphatic carbocycles. The highest BCUT2D eigenvalue weighted by Crippen LogP contribution is 2.15. The van der Waals surface area contributed by atoms with Crippen LogP contribution in [0.3, 0.4) is 0 Å². The first-order valence-corrected chi connectivity index (χ1v) is 6.49. The van der Waals surface area contributed by atoms with Gasteiger partial charge in [0.25, 0.3) is 0 Å². The lowest BCUT2D eigenvalue weighted by Crippen LogP contribution is -2.27. The molecular formula is C14H22N2O3. The van der Waals surface area contributed by atoms with Crippen LogP contribution in [0, 0.1) is 0 Å². The van der Waals surface area contributed by atoms with Crippen LogP contribution < -0.4 is 10.1 Å². The third-order valence-corrected chi connectivity index (χ3v) is 2.86. The number of hydrogen-bond donors (Lipinski definition) is 1. The van der Waals surface area contributed by atoms with Crippen molar-refractivity contribution in [2.75, 3.05) is 38.7 Å². The summed E-state index contributed by atoms with van der Waals surface area (Å²) in [5.74, 6) is 0.794. The second kappa shape index (κ2) is 8.37. The lowest BCUT2D eigenvalue weighted by Gasteiger charge is -2.18. The van der Waals surface area contributed by atoms with Gasteiger partial charge < -0.3 is 14.4 Å². The number of anilines is 1. The highest BCUT2D eigenvalue weighted by molar-refractivity contribution is 5.84. The van der Waals surface area contributed by atoms with Crippen LogP contribution in [0.2, 0.25) is 0 Å². The number of carbonyl (C=O) groups is 1. The van der Waals surface area contributed by atoms with Gasteiger partial charge in [-0.2, -0.15) is 0 Å². The maximum atomic E-state index is 11.0. The van der Waals surface area contributed by atoms with Crippen molar-refractivity contribution in [3.63, 3.8) is 0 Å². The quantitative estimate of drug-likeness (QED) is 0.824. The summed E-state index contributed by atoms with van der Waals surface area (Å²) < 4.78 is 10.2. The molecule has 19 heavy (non-hydrogen) atoms. The number of ether oxygens (including phenoxy) is 2. The molecule has 0 aliphatic rings. The van der Waals surface area contributed by atoms with Gasteiger partial charge >= 0.3 is 6.09 Å². The third-order valence-electron chi connectivity index (χ3n) is 2.86. The van der Waals surface area contributed by atoms with E-state index in [9.17, 15) is 4.79 Å². The van der Waals surface area contributed by atoms with Crippen molar-refractivity contribution < 1.29 is 14.3 Å². The van der Waals surface area contributed by atoms with E-state index in [1.807, 2.05) is 12.1 Å². The monoisotopic (exact) mass is 266 g/mol. The van der Waals surface area contributed by atoms with Gasteiger partial charge in [0.1, 0.15) is 12.4 Å². The predicted octanol–water partition coefficient (Wildman–Crippen LogP) is 2.59. The minimum atomic E-state index is -0.477. The van der Waals surface area contributed by atoms with Gasteiger partial charge in [-0.25, -0.2) is 4.79 Å². The molecule has 0 saturated carbocycles. The molecule has 5 nitrogen and oxygen atoms in total. The zero-order valence-corrected chi connectivity index (χ0v) is 11.8. The molecule has 106 valence electrons. The molecule has 1 aromatic carbocycles. The van der Waals surface area contributed by atoms with Crippen LogP contribution in [0.5, 0.6) is 5.75 Å². The van der Waals surface area contributed by atoms with Crippen molar-refractivity contribution in [3.05, 3.63) is 24.3 Å². The van der Waals surface area contributed by atoms with Gasteiger partial charge in [-0.3, -0.25) is 5.32 Å². The van der Waals surface area contributed by atoms with Crippen LogP contribution in [-0.4, -0.2) is 44.3 Å². The van der Waals surface area contributed by atoms with E-state index in [2.05, 4.69) is 28.8 Å². The highest BCUT2D eigenvalue weighted by Gasteiger charge is 2.02. The molecule has 0 saturated heterocycles. The van der Waals surface area contributed by atoms with Crippen LogP contribution in [0.4, 0.5) is 10.5 Å². The van der Waals surface area contributed by atoms with Crippen molar-refractivity contribution in [2.45, 2.75) is 13.8 Å². The number of likely N-dealkylation sites (N-methyl/N-ethyl adjacent to an activating group) is 1. The molecule has 0 aromatic heterocycles. The number of rotatable bonds is 7. The van der Waals surface area contributed by atoms with Crippen LogP contribution in [0.25, 0.3) is 0 Å². The normalized spacial score (nSPS) is 10.3. The summed E-state index contributed by atoms with van der Waals surface area (Å²) in [7, 11) is 1.33. The Kier molecular flexibility index (Phi) is 6.74. The zero-order valence-electron chi connectivity index (χ0n) is 11.8. The first-order valence-electron chi connectivity index (χ1n) is 6.49. The Labute approximate surface area is 114 Å². The summed E-state index contributed by atoms with van der Waals surface area (Å²) in [4.78, 5) is 13.3. The van der Waals surface area contributed by atoms with Crippen LogP contribution in [-0.2, 0) is 4.74 Å². The van der Waals surface area contributed by atoms with Gasteiger partial charge in [-0.15, -0.1) is 0 Å². The number of benzene rings is 1. The zero-order chi connectivity index (χ0) is 14.1. The fourth-order valence-corrected chi connectivity index (χ4v) is 1.64. The molecule has 1 amide bonds. The molecule has 0 atom stereocenters. The average Bonchev–Trinajstić information content (AvgIpc) is 2.45. The molecule has 0 radical (unpaired) electrons. The Morgan fingerprint density at radius 1 is 1.21 bits per heavy atom. The minimum absolute atomic E-state index is 0.477. The van der Waals surface area contributed by atoms with E-state index in [4.69, 9.17) is 4.74 Å². The summed E-state index contributed by atoms with van der Waals surface area (Å²) in [6.45, 7) is 7.90. The van der Waals surface area contributed by atoms with Gasteiger partial charge in [0.05, 0.1) is 7.11 Å². The minimum Gasteiger partial charge on any atom is -0.492 e. The van der Waals surface area contributed by atoms with E-state index in [1.54, 1.807) is 12.1 Å². The Morgan fingerprint density at radius 3 is 2.37 bits per heavy atom. The van der Waals surface area contributed by atoms with Crippen molar-refractivity contribution in [1.82, 2.24) is 4.90 Å². The Balaban J connectivity index is 2.37. The Morgan fingerprint density at radius 2 is 1.84 bits per heavy atom. The molecule has 0 heterocycles. The highest BCUT2D eigenvalue weighted by atomic mass is 16.5. The van der Waals surface area contributed by atoms with E-state index in [-0.39, 0.29) is 0 Å². The number of nitrogens with zero attached hydrogens (tertiary/aromatic N) is 1. The van der Waals surface area contributed by atoms with Crippen molar-refractivity contribution in [1.29, 1.82) is 0 Å². The Hall–Kier alpha value is -1.75. The van der Waals surface area contributed by atoms with Gasteiger partial charge in [-0.05, 0) is 37.4 Å². The second-order valence-corrected chi connectivity index (χ2v) is 4.02. The number of methoxy groups -OCH3 is 1. The summed E-state index contributed by atoms with van der Waals surface area (Å²) in [5, 5.41) is 2.59. The fraction of sp³-hybridized carbons (Fsp3) is 0.500. The van der Waals surface area contributed by atoms with Gasteiger partial charge in [0.15, 0.2) is 0 Å². The number of amides is 1. The lowest BCUT2D eigenvalue weighted by molar-refractivity contribution is 0.187. The summed E-state index contributed by atoms with van der Waals surface area (Å²) in [6.07, 6.45) is -0.477. The molecule has 1 rings (SSSR count). The predicted molar refractivity (Wildman–Crippen MR) is 75.8 cm³/mol.